The number of nitrogens with zero attached hydrogens (tertiary/aromatic N) is 2. The molecule has 1 saturated heterocycles. The number of pyridine rings is 1. The van der Waals surface area contributed by atoms with Crippen LogP contribution in [0.1, 0.15) is 23.2 Å². The monoisotopic (exact) mass is 280 g/mol. The Morgan fingerprint density at radius 3 is 2.80 bits per heavy atom. The second kappa shape index (κ2) is 6.53. The van der Waals surface area contributed by atoms with E-state index in [9.17, 15) is 4.79 Å². The molecule has 5 N–H and O–H groups in total. The highest BCUT2D eigenvalue weighted by Gasteiger charge is 2.23. The van der Waals surface area contributed by atoms with Crippen molar-refractivity contribution in [3.05, 3.63) is 17.8 Å². The van der Waals surface area contributed by atoms with Crippen molar-refractivity contribution >= 4 is 17.4 Å². The van der Waals surface area contributed by atoms with Gasteiger partial charge >= 0.3 is 0 Å². The maximum Gasteiger partial charge on any atom is 0.252 e. The average molecular weight is 280 g/mol. The Kier molecular flexibility index (Phi) is 4.75. The summed E-state index contributed by atoms with van der Waals surface area (Å²) in [6, 6.07) is 1.55. The van der Waals surface area contributed by atoms with Gasteiger partial charge in [0.15, 0.2) is 0 Å². The zero-order valence-electron chi connectivity index (χ0n) is 11.3. The maximum atomic E-state index is 11.5. The summed E-state index contributed by atoms with van der Waals surface area (Å²) in [6.45, 7) is 1.85. The molecule has 1 aliphatic rings. The first-order chi connectivity index (χ1) is 9.61. The average Bonchev–Trinajstić information content (AvgIpc) is 2.45. The molecule has 0 aromatic carbocycles. The van der Waals surface area contributed by atoms with Gasteiger partial charge in [-0.25, -0.2) is 4.98 Å². The van der Waals surface area contributed by atoms with E-state index in [1.54, 1.807) is 6.07 Å². The third-order valence-corrected chi connectivity index (χ3v) is 3.34. The van der Waals surface area contributed by atoms with Crippen LogP contribution in [0.3, 0.4) is 0 Å². The molecule has 20 heavy (non-hydrogen) atoms. The van der Waals surface area contributed by atoms with Crippen LogP contribution in [-0.4, -0.2) is 48.4 Å². The van der Waals surface area contributed by atoms with Gasteiger partial charge in [0.1, 0.15) is 5.82 Å². The van der Waals surface area contributed by atoms with Gasteiger partial charge in [-0.1, -0.05) is 0 Å². The highest BCUT2D eigenvalue weighted by Crippen LogP contribution is 2.24. The third-order valence-electron chi connectivity index (χ3n) is 3.34. The zero-order valence-corrected chi connectivity index (χ0v) is 11.3. The minimum Gasteiger partial charge on any atom is -0.397 e. The largest absolute Gasteiger partial charge is 0.397 e. The molecule has 1 aromatic rings. The van der Waals surface area contributed by atoms with Gasteiger partial charge in [0.05, 0.1) is 36.8 Å². The number of nitrogen functional groups attached to an aromatic ring is 1. The lowest BCUT2D eigenvalue weighted by Gasteiger charge is -2.33. The second-order valence-corrected chi connectivity index (χ2v) is 4.78. The Morgan fingerprint density at radius 2 is 2.20 bits per heavy atom. The van der Waals surface area contributed by atoms with Crippen LogP contribution in [0.15, 0.2) is 12.3 Å². The number of carbonyl (C=O) groups is 1. The molecule has 0 atom stereocenters. The van der Waals surface area contributed by atoms with Gasteiger partial charge in [-0.2, -0.15) is 0 Å². The topological polar surface area (TPSA) is 115 Å². The quantitative estimate of drug-likeness (QED) is 0.684. The van der Waals surface area contributed by atoms with Gasteiger partial charge in [0.25, 0.3) is 5.91 Å². The van der Waals surface area contributed by atoms with E-state index in [1.165, 1.54) is 6.20 Å². The smallest absolute Gasteiger partial charge is 0.252 e. The summed E-state index contributed by atoms with van der Waals surface area (Å²) in [5.74, 6) is 0.0470. The third kappa shape index (κ3) is 3.37. The summed E-state index contributed by atoms with van der Waals surface area (Å²) in [6.07, 6.45) is 3.31. The molecule has 7 nitrogen and oxygen atoms in total. The van der Waals surface area contributed by atoms with Crippen molar-refractivity contribution in [3.8, 4) is 0 Å². The lowest BCUT2D eigenvalue weighted by Crippen LogP contribution is -2.39. The van der Waals surface area contributed by atoms with Gasteiger partial charge in [-0.3, -0.25) is 4.79 Å². The molecule has 1 aliphatic heterocycles. The minimum atomic E-state index is -0.529. The van der Waals surface area contributed by atoms with Gasteiger partial charge in [0, 0.05) is 13.1 Å². The molecule has 1 amide bonds. The van der Waals surface area contributed by atoms with E-state index >= 15 is 0 Å². The number of ether oxygens (including phenoxy) is 1. The molecule has 0 unspecified atom stereocenters. The van der Waals surface area contributed by atoms with Crippen molar-refractivity contribution < 1.29 is 14.6 Å². The van der Waals surface area contributed by atoms with Gasteiger partial charge in [-0.15, -0.1) is 0 Å². The summed E-state index contributed by atoms with van der Waals surface area (Å²) >= 11 is 0. The fourth-order valence-corrected chi connectivity index (χ4v) is 2.36. The molecule has 2 heterocycles. The standard InChI is InChI=1S/C13H20N4O3/c14-9-7-11(12(15)19)13(16-8-9)17-3-1-10(2-4-17)20-6-5-18/h7-8,10,18H,1-6,14H2,(H2,15,19). The number of piperidine rings is 1. The van der Waals surface area contributed by atoms with Crippen LogP contribution in [0.4, 0.5) is 11.5 Å². The molecule has 110 valence electrons. The number of carbonyl (C=O) groups excluding carboxylic acids is 1. The molecule has 1 fully saturated rings. The van der Waals surface area contributed by atoms with E-state index in [0.717, 1.165) is 25.9 Å². The van der Waals surface area contributed by atoms with E-state index in [2.05, 4.69) is 4.98 Å². The van der Waals surface area contributed by atoms with Crippen molar-refractivity contribution in [1.29, 1.82) is 0 Å². The van der Waals surface area contributed by atoms with Gasteiger partial charge in [-0.05, 0) is 18.9 Å². The summed E-state index contributed by atoms with van der Waals surface area (Å²) in [5, 5.41) is 8.74. The summed E-state index contributed by atoms with van der Waals surface area (Å²) in [4.78, 5) is 17.7. The van der Waals surface area contributed by atoms with Gasteiger partial charge < -0.3 is 26.2 Å². The van der Waals surface area contributed by atoms with E-state index in [4.69, 9.17) is 21.3 Å². The highest BCUT2D eigenvalue weighted by atomic mass is 16.5. The number of nitrogens with two attached hydrogens (primary N) is 2. The lowest BCUT2D eigenvalue weighted by molar-refractivity contribution is 0.0158. The molecular formula is C13H20N4O3. The molecule has 0 spiro atoms. The first kappa shape index (κ1) is 14.5. The first-order valence-corrected chi connectivity index (χ1v) is 6.64. The normalized spacial score (nSPS) is 16.4. The lowest BCUT2D eigenvalue weighted by atomic mass is 10.1. The summed E-state index contributed by atoms with van der Waals surface area (Å²) in [7, 11) is 0. The number of amides is 1. The number of hydrogen-bond donors (Lipinski definition) is 3. The van der Waals surface area contributed by atoms with Crippen LogP contribution in [-0.2, 0) is 4.74 Å². The Balaban J connectivity index is 2.05. The van der Waals surface area contributed by atoms with Crippen LogP contribution in [0, 0.1) is 0 Å². The van der Waals surface area contributed by atoms with Crippen molar-refractivity contribution in [3.63, 3.8) is 0 Å². The van der Waals surface area contributed by atoms with Crippen LogP contribution >= 0.6 is 0 Å². The summed E-state index contributed by atoms with van der Waals surface area (Å²) in [5.41, 5.74) is 11.8. The molecule has 1 aromatic heterocycles. The van der Waals surface area contributed by atoms with Crippen molar-refractivity contribution in [2.24, 2.45) is 5.73 Å². The zero-order chi connectivity index (χ0) is 14.5. The highest BCUT2D eigenvalue weighted by molar-refractivity contribution is 5.98. The molecule has 0 saturated carbocycles. The van der Waals surface area contributed by atoms with E-state index < -0.39 is 5.91 Å². The fourth-order valence-electron chi connectivity index (χ4n) is 2.36. The minimum absolute atomic E-state index is 0.0333. The Hall–Kier alpha value is -1.86. The SMILES string of the molecule is NC(=O)c1cc(N)cnc1N1CCC(OCCO)CC1. The van der Waals surface area contributed by atoms with Crippen LogP contribution in [0.25, 0.3) is 0 Å². The van der Waals surface area contributed by atoms with Crippen LogP contribution < -0.4 is 16.4 Å². The van der Waals surface area contributed by atoms with Crippen LogP contribution in [0.2, 0.25) is 0 Å². The Bertz CT molecular complexity index is 473. The van der Waals surface area contributed by atoms with Crippen molar-refractivity contribution in [2.45, 2.75) is 18.9 Å². The first-order valence-electron chi connectivity index (χ1n) is 6.64. The van der Waals surface area contributed by atoms with Crippen molar-refractivity contribution in [1.82, 2.24) is 4.98 Å². The predicted molar refractivity (Wildman–Crippen MR) is 75.4 cm³/mol. The van der Waals surface area contributed by atoms with E-state index in [-0.39, 0.29) is 12.7 Å². The molecule has 0 aliphatic carbocycles. The fraction of sp³-hybridized carbons (Fsp3) is 0.538. The maximum absolute atomic E-state index is 11.5. The number of aliphatic hydroxyl groups excluding tert-OH is 1. The number of aliphatic hydroxyl groups is 1. The van der Waals surface area contributed by atoms with Crippen molar-refractivity contribution in [2.75, 3.05) is 36.9 Å². The number of aromatic nitrogens is 1. The number of primary amides is 1. The molecular weight excluding hydrogens is 260 g/mol. The Morgan fingerprint density at radius 1 is 1.50 bits per heavy atom. The predicted octanol–water partition coefficient (Wildman–Crippen LogP) is -0.260. The molecule has 0 bridgehead atoms. The Labute approximate surface area is 117 Å². The number of rotatable bonds is 5. The van der Waals surface area contributed by atoms with E-state index in [0.29, 0.717) is 23.7 Å². The molecule has 7 heteroatoms. The van der Waals surface area contributed by atoms with E-state index in [1.807, 2.05) is 4.90 Å². The number of hydrogen-bond acceptors (Lipinski definition) is 6. The molecule has 0 radical (unpaired) electrons. The second-order valence-electron chi connectivity index (χ2n) is 4.78. The van der Waals surface area contributed by atoms with Crippen LogP contribution in [0.5, 0.6) is 0 Å². The summed E-state index contributed by atoms with van der Waals surface area (Å²) < 4.78 is 5.50. The van der Waals surface area contributed by atoms with Gasteiger partial charge in [0.2, 0.25) is 0 Å². The number of anilines is 2. The molecule has 2 rings (SSSR count).